The van der Waals surface area contributed by atoms with Crippen LogP contribution in [-0.4, -0.2) is 20.3 Å². The number of ketones is 1. The van der Waals surface area contributed by atoms with Crippen molar-refractivity contribution in [3.8, 4) is 0 Å². The van der Waals surface area contributed by atoms with Gasteiger partial charge < -0.3 is 4.55 Å². The Kier molecular flexibility index (Phi) is 1.48. The summed E-state index contributed by atoms with van der Waals surface area (Å²) in [6.45, 7) is 2.14. The molecule has 3 aliphatic carbocycles. The quantitative estimate of drug-likeness (QED) is 0.703. The number of Topliss-reactive ketones (excluding diaryl/α,β-unsaturated/α-hetero) is 1. The zero-order valence-corrected chi connectivity index (χ0v) is 8.97. The van der Waals surface area contributed by atoms with Gasteiger partial charge in [0.25, 0.3) is 0 Å². The predicted molar refractivity (Wildman–Crippen MR) is 52.0 cm³/mol. The summed E-state index contributed by atoms with van der Waals surface area (Å²) >= 11 is -1.75. The summed E-state index contributed by atoms with van der Waals surface area (Å²) < 4.78 is 19.9. The first kappa shape index (κ1) is 9.04. The zero-order valence-electron chi connectivity index (χ0n) is 8.16. The Morgan fingerprint density at radius 2 is 2.29 bits per heavy atom. The highest BCUT2D eigenvalue weighted by Crippen LogP contribution is 2.82. The summed E-state index contributed by atoms with van der Waals surface area (Å²) in [4.78, 5) is 11.6. The van der Waals surface area contributed by atoms with E-state index in [2.05, 4.69) is 6.92 Å². The molecule has 0 aromatic rings. The van der Waals surface area contributed by atoms with E-state index < -0.39 is 11.1 Å². The second kappa shape index (κ2) is 2.30. The maximum Gasteiger partial charge on any atom is 0.153 e. The van der Waals surface area contributed by atoms with Gasteiger partial charge in [0, 0.05) is 11.8 Å². The lowest BCUT2D eigenvalue weighted by Gasteiger charge is -2.80. The monoisotopic (exact) mass is 214 g/mol. The minimum Gasteiger partial charge on any atom is -0.306 e. The van der Waals surface area contributed by atoms with Crippen molar-refractivity contribution < 1.29 is 13.6 Å². The number of carbonyl (C=O) groups excluding carboxylic acids is 1. The van der Waals surface area contributed by atoms with Crippen LogP contribution in [0.1, 0.15) is 26.2 Å². The molecule has 0 aliphatic heterocycles. The molecule has 3 rings (SSSR count). The molecule has 0 aromatic carbocycles. The Hall–Kier alpha value is -0.220. The van der Waals surface area contributed by atoms with Crippen molar-refractivity contribution in [3.63, 3.8) is 0 Å². The topological polar surface area (TPSA) is 54.4 Å². The molecule has 0 heterocycles. The van der Waals surface area contributed by atoms with Crippen molar-refractivity contribution in [2.75, 3.05) is 5.75 Å². The number of hydrogen-bond donors (Lipinski definition) is 1. The lowest BCUT2D eigenvalue weighted by Crippen LogP contribution is -2.81. The summed E-state index contributed by atoms with van der Waals surface area (Å²) in [6, 6.07) is 0. The molecule has 5 unspecified atom stereocenters. The van der Waals surface area contributed by atoms with E-state index in [1.807, 2.05) is 0 Å². The van der Waals surface area contributed by atoms with Gasteiger partial charge >= 0.3 is 0 Å². The highest BCUT2D eigenvalue weighted by atomic mass is 32.2. The van der Waals surface area contributed by atoms with E-state index >= 15 is 0 Å². The molecule has 3 aliphatic rings. The van der Waals surface area contributed by atoms with E-state index in [1.165, 1.54) is 0 Å². The summed E-state index contributed by atoms with van der Waals surface area (Å²) in [6.07, 6.45) is 2.67. The van der Waals surface area contributed by atoms with Gasteiger partial charge in [-0.2, -0.15) is 0 Å². The molecule has 0 saturated heterocycles. The highest BCUT2D eigenvalue weighted by molar-refractivity contribution is 7.79. The molecule has 3 fully saturated rings. The molecule has 0 radical (unpaired) electrons. The Bertz CT molecular complexity index is 353. The van der Waals surface area contributed by atoms with E-state index in [-0.39, 0.29) is 10.8 Å². The van der Waals surface area contributed by atoms with E-state index in [0.717, 1.165) is 19.3 Å². The van der Waals surface area contributed by atoms with Gasteiger partial charge in [0.15, 0.2) is 11.1 Å². The Balaban J connectivity index is 1.93. The van der Waals surface area contributed by atoms with E-state index in [0.29, 0.717) is 23.4 Å². The third kappa shape index (κ3) is 0.626. The van der Waals surface area contributed by atoms with E-state index in [1.54, 1.807) is 0 Å². The van der Waals surface area contributed by atoms with Crippen LogP contribution in [0.4, 0.5) is 0 Å². The van der Waals surface area contributed by atoms with Gasteiger partial charge in [-0.3, -0.25) is 4.79 Å². The van der Waals surface area contributed by atoms with Crippen LogP contribution >= 0.6 is 0 Å². The lowest BCUT2D eigenvalue weighted by atomic mass is 9.22. The molecule has 0 amide bonds. The van der Waals surface area contributed by atoms with Crippen molar-refractivity contribution in [1.82, 2.24) is 0 Å². The number of rotatable bonds is 2. The fraction of sp³-hybridized carbons (Fsp3) is 0.900. The third-order valence-electron chi connectivity index (χ3n) is 5.25. The van der Waals surface area contributed by atoms with Crippen molar-refractivity contribution in [1.29, 1.82) is 0 Å². The SMILES string of the molecule is CC1C2CC(=O)C23CCC13CS(=O)O. The predicted octanol–water partition coefficient (Wildman–Crippen LogP) is 1.21. The molecule has 14 heavy (non-hydrogen) atoms. The first-order valence-corrected chi connectivity index (χ1v) is 6.43. The van der Waals surface area contributed by atoms with Crippen LogP contribution in [0, 0.1) is 22.7 Å². The highest BCUT2D eigenvalue weighted by Gasteiger charge is 2.82. The second-order valence-electron chi connectivity index (χ2n) is 5.12. The van der Waals surface area contributed by atoms with Crippen LogP contribution in [0.3, 0.4) is 0 Å². The molecule has 1 spiro atoms. The lowest BCUT2D eigenvalue weighted by molar-refractivity contribution is -0.286. The van der Waals surface area contributed by atoms with Crippen LogP contribution in [0.5, 0.6) is 0 Å². The maximum absolute atomic E-state index is 11.6. The van der Waals surface area contributed by atoms with Crippen LogP contribution in [0.25, 0.3) is 0 Å². The third-order valence-corrected chi connectivity index (χ3v) is 6.01. The summed E-state index contributed by atoms with van der Waals surface area (Å²) in [5.74, 6) is 1.69. The van der Waals surface area contributed by atoms with Gasteiger partial charge in [-0.05, 0) is 30.1 Å². The maximum atomic E-state index is 11.6. The molecule has 1 N–H and O–H groups in total. The molecule has 78 valence electrons. The molecule has 0 aromatic heterocycles. The molecular weight excluding hydrogens is 200 g/mol. The Labute approximate surface area is 85.5 Å². The van der Waals surface area contributed by atoms with Gasteiger partial charge in [0.05, 0.1) is 5.75 Å². The molecule has 5 atom stereocenters. The standard InChI is InChI=1S/C10H14O3S/c1-6-7-4-8(11)10(7)3-2-9(6,10)5-14(12)13/h6-7H,2-5H2,1H3,(H,12,13). The molecule has 3 nitrogen and oxygen atoms in total. The van der Waals surface area contributed by atoms with Gasteiger partial charge in [0.2, 0.25) is 0 Å². The summed E-state index contributed by atoms with van der Waals surface area (Å²) in [5.41, 5.74) is -0.225. The van der Waals surface area contributed by atoms with Crippen LogP contribution < -0.4 is 0 Å². The fourth-order valence-electron chi connectivity index (χ4n) is 4.40. The zero-order chi connectivity index (χ0) is 10.1. The van der Waals surface area contributed by atoms with Crippen molar-refractivity contribution in [3.05, 3.63) is 0 Å². The molecular formula is C10H14O3S. The minimum atomic E-state index is -1.75. The van der Waals surface area contributed by atoms with Crippen LogP contribution in [-0.2, 0) is 15.9 Å². The van der Waals surface area contributed by atoms with Crippen molar-refractivity contribution >= 4 is 16.9 Å². The minimum absolute atomic E-state index is 0.0907. The second-order valence-corrected chi connectivity index (χ2v) is 6.05. The normalized spacial score (nSPS) is 56.0. The Morgan fingerprint density at radius 3 is 2.71 bits per heavy atom. The first-order valence-electron chi connectivity index (χ1n) is 5.15. The molecule has 0 bridgehead atoms. The van der Waals surface area contributed by atoms with E-state index in [9.17, 15) is 9.00 Å². The molecule has 3 saturated carbocycles. The fourth-order valence-corrected chi connectivity index (χ4v) is 5.50. The van der Waals surface area contributed by atoms with Gasteiger partial charge in [-0.1, -0.05) is 6.92 Å². The smallest absolute Gasteiger partial charge is 0.153 e. The number of carbonyl (C=O) groups is 1. The molecule has 4 heteroatoms. The van der Waals surface area contributed by atoms with Crippen molar-refractivity contribution in [2.45, 2.75) is 26.2 Å². The van der Waals surface area contributed by atoms with Gasteiger partial charge in [0.1, 0.15) is 5.78 Å². The van der Waals surface area contributed by atoms with Crippen LogP contribution in [0.2, 0.25) is 0 Å². The van der Waals surface area contributed by atoms with Crippen LogP contribution in [0.15, 0.2) is 0 Å². The largest absolute Gasteiger partial charge is 0.306 e. The van der Waals surface area contributed by atoms with E-state index in [4.69, 9.17) is 4.55 Å². The average Bonchev–Trinajstić information content (AvgIpc) is 2.06. The average molecular weight is 214 g/mol. The number of hydrogen-bond acceptors (Lipinski definition) is 2. The summed E-state index contributed by atoms with van der Waals surface area (Å²) in [5, 5.41) is 0. The Morgan fingerprint density at radius 1 is 1.57 bits per heavy atom. The first-order chi connectivity index (χ1) is 6.54. The summed E-state index contributed by atoms with van der Waals surface area (Å²) in [7, 11) is 0. The van der Waals surface area contributed by atoms with Gasteiger partial charge in [-0.25, -0.2) is 4.21 Å². The van der Waals surface area contributed by atoms with Gasteiger partial charge in [-0.15, -0.1) is 0 Å². The van der Waals surface area contributed by atoms with Crippen molar-refractivity contribution in [2.24, 2.45) is 22.7 Å².